The number of carbonyl (C=O) groups is 2. The van der Waals surface area contributed by atoms with Crippen molar-refractivity contribution in [3.05, 3.63) is 71.8 Å². The van der Waals surface area contributed by atoms with Gasteiger partial charge in [0.05, 0.1) is 6.07 Å². The maximum absolute atomic E-state index is 13.8. The lowest BCUT2D eigenvalue weighted by Crippen LogP contribution is -2.56. The highest BCUT2D eigenvalue weighted by Gasteiger charge is 2.45. The van der Waals surface area contributed by atoms with E-state index >= 15 is 0 Å². The zero-order valence-electron chi connectivity index (χ0n) is 19.3. The molecule has 2 aromatic rings. The van der Waals surface area contributed by atoms with Crippen LogP contribution in [0.2, 0.25) is 0 Å². The van der Waals surface area contributed by atoms with Gasteiger partial charge in [0.2, 0.25) is 0 Å². The Hall–Kier alpha value is -3.37. The number of alkyl carbamates (subject to hydrolysis) is 1. The predicted molar refractivity (Wildman–Crippen MR) is 126 cm³/mol. The van der Waals surface area contributed by atoms with Crippen LogP contribution in [0.1, 0.15) is 37.8 Å². The summed E-state index contributed by atoms with van der Waals surface area (Å²) in [6, 6.07) is 21.5. The smallest absolute Gasteiger partial charge is 0.408 e. The number of carbonyl (C=O) groups excluding carboxylic acids is 2. The van der Waals surface area contributed by atoms with Gasteiger partial charge in [-0.15, -0.1) is 0 Å². The third-order valence-corrected chi connectivity index (χ3v) is 5.80. The molecule has 2 amide bonds. The standard InChI is InChI=1S/C26H32N4O3/c1-20(2)15-23(33-25(32)29-16-21-9-5-3-6-10-21)24(31)30(17-22-11-7-4-8-12-22)26(18-27)13-14-28-19-26/h3-12,20,23,28H,13-17,19H2,1-2H3,(H,29,32). The molecule has 1 aliphatic rings. The molecular weight excluding hydrogens is 416 g/mol. The normalized spacial score (nSPS) is 18.4. The van der Waals surface area contributed by atoms with Crippen molar-refractivity contribution in [2.45, 2.75) is 51.4 Å². The summed E-state index contributed by atoms with van der Waals surface area (Å²) in [7, 11) is 0. The van der Waals surface area contributed by atoms with Crippen LogP contribution in [0.5, 0.6) is 0 Å². The Morgan fingerprint density at radius 1 is 1.12 bits per heavy atom. The fourth-order valence-electron chi connectivity index (χ4n) is 4.01. The predicted octanol–water partition coefficient (Wildman–Crippen LogP) is 3.61. The molecule has 2 atom stereocenters. The van der Waals surface area contributed by atoms with Crippen LogP contribution in [-0.4, -0.2) is 41.6 Å². The van der Waals surface area contributed by atoms with Gasteiger partial charge in [-0.05, 0) is 36.4 Å². The van der Waals surface area contributed by atoms with E-state index in [0.717, 1.165) is 11.1 Å². The van der Waals surface area contributed by atoms with Gasteiger partial charge in [-0.2, -0.15) is 5.26 Å². The summed E-state index contributed by atoms with van der Waals surface area (Å²) >= 11 is 0. The molecule has 2 N–H and O–H groups in total. The Balaban J connectivity index is 1.79. The second-order valence-corrected chi connectivity index (χ2v) is 8.84. The first-order chi connectivity index (χ1) is 15.9. The van der Waals surface area contributed by atoms with Gasteiger partial charge in [0.15, 0.2) is 6.10 Å². The molecule has 0 radical (unpaired) electrons. The summed E-state index contributed by atoms with van der Waals surface area (Å²) in [6.07, 6.45) is -0.725. The van der Waals surface area contributed by atoms with Gasteiger partial charge in [0, 0.05) is 19.6 Å². The minimum absolute atomic E-state index is 0.124. The molecule has 1 fully saturated rings. The van der Waals surface area contributed by atoms with Gasteiger partial charge in [-0.3, -0.25) is 4.79 Å². The monoisotopic (exact) mass is 448 g/mol. The van der Waals surface area contributed by atoms with Crippen molar-refractivity contribution in [3.63, 3.8) is 0 Å². The van der Waals surface area contributed by atoms with E-state index in [9.17, 15) is 14.9 Å². The quantitative estimate of drug-likeness (QED) is 0.611. The van der Waals surface area contributed by atoms with Gasteiger partial charge < -0.3 is 20.3 Å². The molecule has 7 heteroatoms. The van der Waals surface area contributed by atoms with E-state index in [1.165, 1.54) is 0 Å². The average Bonchev–Trinajstić information content (AvgIpc) is 3.31. The van der Waals surface area contributed by atoms with Crippen LogP contribution in [-0.2, 0) is 22.6 Å². The summed E-state index contributed by atoms with van der Waals surface area (Å²) in [6.45, 7) is 5.57. The summed E-state index contributed by atoms with van der Waals surface area (Å²) in [5.74, 6) is -0.216. The molecule has 1 aliphatic heterocycles. The average molecular weight is 449 g/mol. The molecular formula is C26H32N4O3. The Kier molecular flexibility index (Phi) is 8.45. The number of nitrogens with zero attached hydrogens (tertiary/aromatic N) is 2. The van der Waals surface area contributed by atoms with Crippen LogP contribution < -0.4 is 10.6 Å². The second-order valence-electron chi connectivity index (χ2n) is 8.84. The van der Waals surface area contributed by atoms with Gasteiger partial charge in [0.1, 0.15) is 5.54 Å². The van der Waals surface area contributed by atoms with Crippen molar-refractivity contribution in [1.29, 1.82) is 5.26 Å². The third-order valence-electron chi connectivity index (χ3n) is 5.80. The molecule has 1 saturated heterocycles. The van der Waals surface area contributed by atoms with E-state index in [0.29, 0.717) is 32.5 Å². The molecule has 0 spiro atoms. The molecule has 0 aromatic heterocycles. The number of nitrogens with one attached hydrogen (secondary N) is 2. The summed E-state index contributed by atoms with van der Waals surface area (Å²) in [4.78, 5) is 28.0. The van der Waals surface area contributed by atoms with Gasteiger partial charge >= 0.3 is 6.09 Å². The van der Waals surface area contributed by atoms with Crippen LogP contribution in [0.3, 0.4) is 0 Å². The Labute approximate surface area is 195 Å². The van der Waals surface area contributed by atoms with Crippen molar-refractivity contribution in [3.8, 4) is 6.07 Å². The Bertz CT molecular complexity index is 951. The number of ether oxygens (including phenoxy) is 1. The van der Waals surface area contributed by atoms with Crippen molar-refractivity contribution in [2.75, 3.05) is 13.1 Å². The van der Waals surface area contributed by atoms with E-state index in [1.54, 1.807) is 4.90 Å². The lowest BCUT2D eigenvalue weighted by atomic mass is 9.94. The van der Waals surface area contributed by atoms with Crippen molar-refractivity contribution in [2.24, 2.45) is 5.92 Å². The topological polar surface area (TPSA) is 94.5 Å². The zero-order chi connectivity index (χ0) is 23.7. The molecule has 1 heterocycles. The van der Waals surface area contributed by atoms with Gasteiger partial charge in [-0.1, -0.05) is 74.5 Å². The molecule has 33 heavy (non-hydrogen) atoms. The van der Waals surface area contributed by atoms with Crippen molar-refractivity contribution in [1.82, 2.24) is 15.5 Å². The highest BCUT2D eigenvalue weighted by atomic mass is 16.6. The third kappa shape index (κ3) is 6.56. The highest BCUT2D eigenvalue weighted by Crippen LogP contribution is 2.27. The lowest BCUT2D eigenvalue weighted by molar-refractivity contribution is -0.146. The molecule has 0 bridgehead atoms. The van der Waals surface area contributed by atoms with Gasteiger partial charge in [0.25, 0.3) is 5.91 Å². The maximum atomic E-state index is 13.8. The van der Waals surface area contributed by atoms with Crippen molar-refractivity contribution >= 4 is 12.0 Å². The van der Waals surface area contributed by atoms with Crippen LogP contribution in [0.25, 0.3) is 0 Å². The number of benzene rings is 2. The fourth-order valence-corrected chi connectivity index (χ4v) is 4.01. The molecule has 2 aromatic carbocycles. The number of amides is 2. The minimum atomic E-state index is -0.980. The second kappa shape index (κ2) is 11.5. The van der Waals surface area contributed by atoms with E-state index in [4.69, 9.17) is 4.74 Å². The van der Waals surface area contributed by atoms with E-state index < -0.39 is 17.7 Å². The van der Waals surface area contributed by atoms with Crippen LogP contribution in [0, 0.1) is 17.2 Å². The first-order valence-electron chi connectivity index (χ1n) is 11.4. The highest BCUT2D eigenvalue weighted by molar-refractivity contribution is 5.84. The molecule has 0 saturated carbocycles. The first-order valence-corrected chi connectivity index (χ1v) is 11.4. The number of hydrogen-bond acceptors (Lipinski definition) is 5. The Morgan fingerprint density at radius 2 is 1.76 bits per heavy atom. The first kappa shape index (κ1) is 24.3. The van der Waals surface area contributed by atoms with Crippen LogP contribution in [0.4, 0.5) is 4.79 Å². The number of hydrogen-bond donors (Lipinski definition) is 2. The van der Waals surface area contributed by atoms with E-state index in [2.05, 4.69) is 16.7 Å². The van der Waals surface area contributed by atoms with Gasteiger partial charge in [-0.25, -0.2) is 4.79 Å². The number of rotatable bonds is 9. The van der Waals surface area contributed by atoms with E-state index in [1.807, 2.05) is 74.5 Å². The summed E-state index contributed by atoms with van der Waals surface area (Å²) < 4.78 is 5.64. The molecule has 3 rings (SSSR count). The minimum Gasteiger partial charge on any atom is -0.436 e. The SMILES string of the molecule is CC(C)CC(OC(=O)NCc1ccccc1)C(=O)N(Cc1ccccc1)C1(C#N)CCNC1. The summed E-state index contributed by atoms with van der Waals surface area (Å²) in [5.41, 5.74) is 0.878. The van der Waals surface area contributed by atoms with Crippen LogP contribution >= 0.6 is 0 Å². The lowest BCUT2D eigenvalue weighted by Gasteiger charge is -2.37. The largest absolute Gasteiger partial charge is 0.436 e. The zero-order valence-corrected chi connectivity index (χ0v) is 19.3. The van der Waals surface area contributed by atoms with E-state index in [-0.39, 0.29) is 18.4 Å². The maximum Gasteiger partial charge on any atom is 0.408 e. The van der Waals surface area contributed by atoms with Crippen LogP contribution in [0.15, 0.2) is 60.7 Å². The molecule has 174 valence electrons. The number of nitriles is 1. The van der Waals surface area contributed by atoms with Crippen molar-refractivity contribution < 1.29 is 14.3 Å². The Morgan fingerprint density at radius 3 is 2.30 bits per heavy atom. The molecule has 2 unspecified atom stereocenters. The molecule has 0 aliphatic carbocycles. The summed E-state index contributed by atoms with van der Waals surface area (Å²) in [5, 5.41) is 16.0. The molecule has 7 nitrogen and oxygen atoms in total. The fraction of sp³-hybridized carbons (Fsp3) is 0.423.